The second kappa shape index (κ2) is 8.00. The Balaban J connectivity index is 1.55. The van der Waals surface area contributed by atoms with Crippen molar-refractivity contribution in [3.8, 4) is 17.2 Å². The molecule has 4 rings (SSSR count). The molecule has 2 aromatic carbocycles. The summed E-state index contributed by atoms with van der Waals surface area (Å²) >= 11 is 6.49. The average Bonchev–Trinajstić information content (AvgIpc) is 3.62. The molecule has 2 aromatic rings. The van der Waals surface area contributed by atoms with Crippen molar-refractivity contribution in [2.24, 2.45) is 5.73 Å². The van der Waals surface area contributed by atoms with E-state index in [2.05, 4.69) is 5.32 Å². The van der Waals surface area contributed by atoms with Gasteiger partial charge in [0, 0.05) is 11.6 Å². The van der Waals surface area contributed by atoms with Gasteiger partial charge in [-0.05, 0) is 36.6 Å². The molecule has 2 aliphatic rings. The molecule has 0 bridgehead atoms. The van der Waals surface area contributed by atoms with E-state index in [4.69, 9.17) is 36.3 Å². The van der Waals surface area contributed by atoms with Crippen LogP contribution in [0, 0.1) is 0 Å². The largest absolute Gasteiger partial charge is 0.497 e. The summed E-state index contributed by atoms with van der Waals surface area (Å²) in [5, 5.41) is 3.27. The second-order valence-corrected chi connectivity index (χ2v) is 7.66. The number of carbonyl (C=O) groups is 1. The quantitative estimate of drug-likeness (QED) is 0.609. The molecule has 1 atom stereocenters. The van der Waals surface area contributed by atoms with E-state index >= 15 is 0 Å². The number of methoxy groups -OCH3 is 1. The third-order valence-corrected chi connectivity index (χ3v) is 5.34. The third kappa shape index (κ3) is 4.68. The van der Waals surface area contributed by atoms with Crippen molar-refractivity contribution < 1.29 is 23.7 Å². The summed E-state index contributed by atoms with van der Waals surface area (Å²) in [4.78, 5) is 11.5. The van der Waals surface area contributed by atoms with Gasteiger partial charge >= 0.3 is 6.03 Å². The monoisotopic (exact) mass is 418 g/mol. The highest BCUT2D eigenvalue weighted by atomic mass is 35.5. The lowest BCUT2D eigenvalue weighted by atomic mass is 10.0. The normalized spacial score (nSPS) is 18.6. The number of hydrogen-bond donors (Lipinski definition) is 2. The number of amides is 2. The van der Waals surface area contributed by atoms with Crippen molar-refractivity contribution in [2.45, 2.75) is 31.1 Å². The number of nitrogens with one attached hydrogen (secondary N) is 1. The SMILES string of the molecule is COc1ccc(COc2cc(OC[C@@H]3CO3)c(C3(NC(N)=O)CC3)cc2Cl)cc1. The van der Waals surface area contributed by atoms with Crippen LogP contribution in [0.3, 0.4) is 0 Å². The highest BCUT2D eigenvalue weighted by Crippen LogP contribution is 2.51. The van der Waals surface area contributed by atoms with Crippen molar-refractivity contribution in [1.82, 2.24) is 5.32 Å². The topological polar surface area (TPSA) is 95.3 Å². The first-order valence-electron chi connectivity index (χ1n) is 9.41. The van der Waals surface area contributed by atoms with E-state index in [0.29, 0.717) is 36.3 Å². The average molecular weight is 419 g/mol. The van der Waals surface area contributed by atoms with Crippen LogP contribution < -0.4 is 25.3 Å². The van der Waals surface area contributed by atoms with Crippen molar-refractivity contribution in [3.63, 3.8) is 0 Å². The number of epoxide rings is 1. The summed E-state index contributed by atoms with van der Waals surface area (Å²) < 4.78 is 22.3. The summed E-state index contributed by atoms with van der Waals surface area (Å²) in [5.41, 5.74) is 6.61. The molecule has 0 aromatic heterocycles. The maximum Gasteiger partial charge on any atom is 0.312 e. The summed E-state index contributed by atoms with van der Waals surface area (Å²) in [5.74, 6) is 1.90. The lowest BCUT2D eigenvalue weighted by molar-refractivity contribution is 0.241. The number of primary amides is 1. The van der Waals surface area contributed by atoms with Gasteiger partial charge in [-0.15, -0.1) is 0 Å². The molecule has 0 spiro atoms. The van der Waals surface area contributed by atoms with Crippen LogP contribution in [0.15, 0.2) is 36.4 Å². The maximum atomic E-state index is 11.5. The molecule has 29 heavy (non-hydrogen) atoms. The van der Waals surface area contributed by atoms with Gasteiger partial charge in [-0.25, -0.2) is 4.79 Å². The number of carbonyl (C=O) groups excluding carboxylic acids is 1. The van der Waals surface area contributed by atoms with Gasteiger partial charge in [-0.1, -0.05) is 23.7 Å². The summed E-state index contributed by atoms with van der Waals surface area (Å²) in [6.45, 7) is 1.46. The lowest BCUT2D eigenvalue weighted by Crippen LogP contribution is -2.39. The highest BCUT2D eigenvalue weighted by Gasteiger charge is 2.48. The molecule has 1 aliphatic heterocycles. The predicted molar refractivity (Wildman–Crippen MR) is 108 cm³/mol. The zero-order valence-electron chi connectivity index (χ0n) is 16.1. The molecular weight excluding hydrogens is 396 g/mol. The molecular formula is C21H23ClN2O5. The third-order valence-electron chi connectivity index (χ3n) is 5.04. The van der Waals surface area contributed by atoms with Crippen molar-refractivity contribution in [1.29, 1.82) is 0 Å². The number of hydrogen-bond acceptors (Lipinski definition) is 5. The summed E-state index contributed by atoms with van der Waals surface area (Å²) in [7, 11) is 1.63. The molecule has 2 amide bonds. The first kappa shape index (κ1) is 19.7. The predicted octanol–water partition coefficient (Wildman–Crippen LogP) is 3.36. The van der Waals surface area contributed by atoms with Crippen LogP contribution in [-0.4, -0.2) is 32.5 Å². The number of urea groups is 1. The first-order chi connectivity index (χ1) is 14.0. The van der Waals surface area contributed by atoms with Crippen molar-refractivity contribution in [2.75, 3.05) is 20.3 Å². The van der Waals surface area contributed by atoms with Gasteiger partial charge in [0.2, 0.25) is 0 Å². The van der Waals surface area contributed by atoms with Crippen molar-refractivity contribution >= 4 is 17.6 Å². The van der Waals surface area contributed by atoms with Gasteiger partial charge < -0.3 is 30.0 Å². The Morgan fingerprint density at radius 2 is 1.97 bits per heavy atom. The van der Waals surface area contributed by atoms with E-state index in [0.717, 1.165) is 29.7 Å². The van der Waals surface area contributed by atoms with Crippen molar-refractivity contribution in [3.05, 3.63) is 52.5 Å². The Hall–Kier alpha value is -2.64. The van der Waals surface area contributed by atoms with E-state index in [1.54, 1.807) is 19.2 Å². The van der Waals surface area contributed by atoms with Gasteiger partial charge in [0.15, 0.2) is 0 Å². The Labute approximate surface area is 174 Å². The Morgan fingerprint density at radius 3 is 2.55 bits per heavy atom. The molecule has 0 unspecified atom stereocenters. The van der Waals surface area contributed by atoms with E-state index < -0.39 is 11.6 Å². The van der Waals surface area contributed by atoms with Crippen LogP contribution in [0.25, 0.3) is 0 Å². The molecule has 1 heterocycles. The van der Waals surface area contributed by atoms with Gasteiger partial charge in [0.1, 0.15) is 36.6 Å². The van der Waals surface area contributed by atoms with Crippen LogP contribution in [0.5, 0.6) is 17.2 Å². The fourth-order valence-corrected chi connectivity index (χ4v) is 3.41. The van der Waals surface area contributed by atoms with E-state index in [1.807, 2.05) is 24.3 Å². The zero-order valence-corrected chi connectivity index (χ0v) is 16.8. The minimum absolute atomic E-state index is 0.0986. The molecule has 154 valence electrons. The van der Waals surface area contributed by atoms with Gasteiger partial charge in [0.25, 0.3) is 0 Å². The van der Waals surface area contributed by atoms with Crippen LogP contribution in [0.1, 0.15) is 24.0 Å². The van der Waals surface area contributed by atoms with E-state index in [9.17, 15) is 4.79 Å². The van der Waals surface area contributed by atoms with E-state index in [1.165, 1.54) is 0 Å². The molecule has 0 radical (unpaired) electrons. The Morgan fingerprint density at radius 1 is 1.24 bits per heavy atom. The van der Waals surface area contributed by atoms with Crippen LogP contribution >= 0.6 is 11.6 Å². The van der Waals surface area contributed by atoms with E-state index in [-0.39, 0.29) is 6.10 Å². The number of ether oxygens (including phenoxy) is 4. The first-order valence-corrected chi connectivity index (χ1v) is 9.79. The van der Waals surface area contributed by atoms with Gasteiger partial charge in [-0.2, -0.15) is 0 Å². The summed E-state index contributed by atoms with van der Waals surface area (Å²) in [6.07, 6.45) is 1.64. The van der Waals surface area contributed by atoms with Crippen LogP contribution in [0.2, 0.25) is 5.02 Å². The zero-order chi connectivity index (χ0) is 20.4. The fourth-order valence-electron chi connectivity index (χ4n) is 3.19. The molecule has 2 fully saturated rings. The fraction of sp³-hybridized carbons (Fsp3) is 0.381. The minimum Gasteiger partial charge on any atom is -0.497 e. The minimum atomic E-state index is -0.574. The Kier molecular flexibility index (Phi) is 5.43. The lowest BCUT2D eigenvalue weighted by Gasteiger charge is -2.22. The molecule has 1 aliphatic carbocycles. The molecule has 7 nitrogen and oxygen atoms in total. The smallest absolute Gasteiger partial charge is 0.312 e. The second-order valence-electron chi connectivity index (χ2n) is 7.25. The van der Waals surface area contributed by atoms with Crippen LogP contribution in [0.4, 0.5) is 4.79 Å². The van der Waals surface area contributed by atoms with Gasteiger partial charge in [-0.3, -0.25) is 0 Å². The number of rotatable bonds is 9. The number of benzene rings is 2. The summed E-state index contributed by atoms with van der Waals surface area (Å²) in [6, 6.07) is 10.6. The number of halogens is 1. The highest BCUT2D eigenvalue weighted by molar-refractivity contribution is 6.32. The Bertz CT molecular complexity index is 895. The molecule has 1 saturated heterocycles. The molecule has 8 heteroatoms. The van der Waals surface area contributed by atoms with Gasteiger partial charge in [0.05, 0.1) is 24.3 Å². The number of nitrogens with two attached hydrogens (primary N) is 1. The van der Waals surface area contributed by atoms with Crippen LogP contribution in [-0.2, 0) is 16.9 Å². The molecule has 1 saturated carbocycles. The maximum absolute atomic E-state index is 11.5. The standard InChI is InChI=1S/C21H23ClN2O5/c1-26-14-4-2-13(3-5-14)10-28-19-9-18(29-12-15-11-27-15)16(8-17(19)22)21(6-7-21)24-20(23)25/h2-5,8-9,15H,6-7,10-12H2,1H3,(H3,23,24,25)/t15-/m0/s1. The molecule has 3 N–H and O–H groups in total.